The Bertz CT molecular complexity index is 679. The lowest BCUT2D eigenvalue weighted by Crippen LogP contribution is -2.23. The maximum Gasteiger partial charge on any atom is 0.355 e. The third-order valence-corrected chi connectivity index (χ3v) is 4.90. The van der Waals surface area contributed by atoms with Gasteiger partial charge in [-0.2, -0.15) is 0 Å². The molecule has 21 heavy (non-hydrogen) atoms. The highest BCUT2D eigenvalue weighted by Gasteiger charge is 2.08. The van der Waals surface area contributed by atoms with Crippen molar-refractivity contribution in [2.75, 3.05) is 6.54 Å². The Kier molecular flexibility index (Phi) is 5.66. The number of hydrogen-bond donors (Lipinski definition) is 2. The molecule has 2 aromatic rings. The summed E-state index contributed by atoms with van der Waals surface area (Å²) in [6, 6.07) is 3.84. The molecule has 0 spiro atoms. The Labute approximate surface area is 137 Å². The highest BCUT2D eigenvalue weighted by atomic mass is 79.9. The van der Waals surface area contributed by atoms with Crippen LogP contribution in [0.5, 0.6) is 0 Å². The van der Waals surface area contributed by atoms with E-state index in [2.05, 4.69) is 26.2 Å². The van der Waals surface area contributed by atoms with Gasteiger partial charge in [0.1, 0.15) is 0 Å². The molecule has 0 bridgehead atoms. The van der Waals surface area contributed by atoms with Gasteiger partial charge in [0.15, 0.2) is 5.69 Å². The van der Waals surface area contributed by atoms with E-state index < -0.39 is 5.97 Å². The van der Waals surface area contributed by atoms with Gasteiger partial charge in [0.25, 0.3) is 0 Å². The summed E-state index contributed by atoms with van der Waals surface area (Å²) in [5.41, 5.74) is 0.0458. The normalized spacial score (nSPS) is 10.9. The monoisotopic (exact) mass is 386 g/mol. The first-order valence-electron chi connectivity index (χ1n) is 5.93. The smallest absolute Gasteiger partial charge is 0.355 e. The summed E-state index contributed by atoms with van der Waals surface area (Å²) in [5.74, 6) is -1.22. The number of halogens is 1. The topological polar surface area (TPSA) is 79.3 Å². The molecule has 0 unspecified atom stereocenters. The molecule has 2 N–H and O–H groups in total. The zero-order valence-electron chi connectivity index (χ0n) is 10.7. The second-order valence-electron chi connectivity index (χ2n) is 3.95. The minimum atomic E-state index is -1.04. The van der Waals surface area contributed by atoms with E-state index >= 15 is 0 Å². The van der Waals surface area contributed by atoms with E-state index in [1.54, 1.807) is 17.4 Å². The number of aromatic nitrogens is 1. The third kappa shape index (κ3) is 5.07. The van der Waals surface area contributed by atoms with Crippen molar-refractivity contribution < 1.29 is 14.7 Å². The number of thiazole rings is 1. The number of nitrogens with one attached hydrogen (secondary N) is 1. The molecule has 0 saturated heterocycles. The quantitative estimate of drug-likeness (QED) is 0.747. The van der Waals surface area contributed by atoms with Crippen LogP contribution in [0, 0.1) is 0 Å². The number of carboxylic acid groups (broad SMARTS) is 1. The predicted molar refractivity (Wildman–Crippen MR) is 86.8 cm³/mol. The number of nitrogens with zero attached hydrogens (tertiary/aromatic N) is 1. The Morgan fingerprint density at radius 3 is 2.86 bits per heavy atom. The summed E-state index contributed by atoms with van der Waals surface area (Å²) in [4.78, 5) is 27.2. The highest BCUT2D eigenvalue weighted by Crippen LogP contribution is 2.22. The SMILES string of the molecule is O=C(C=Cc1ccc(Br)s1)NCCc1nc(C(=O)O)cs1. The van der Waals surface area contributed by atoms with Crippen molar-refractivity contribution in [3.05, 3.63) is 43.0 Å². The first-order chi connectivity index (χ1) is 10.0. The van der Waals surface area contributed by atoms with E-state index in [-0.39, 0.29) is 11.6 Å². The lowest BCUT2D eigenvalue weighted by molar-refractivity contribution is -0.116. The van der Waals surface area contributed by atoms with Crippen molar-refractivity contribution in [3.63, 3.8) is 0 Å². The van der Waals surface area contributed by atoms with Gasteiger partial charge in [-0.05, 0) is 34.1 Å². The first kappa shape index (κ1) is 15.9. The Morgan fingerprint density at radius 2 is 2.24 bits per heavy atom. The molecule has 0 fully saturated rings. The molecule has 2 rings (SSSR count). The summed E-state index contributed by atoms with van der Waals surface area (Å²) in [6.07, 6.45) is 3.74. The second kappa shape index (κ2) is 7.48. The first-order valence-corrected chi connectivity index (χ1v) is 8.42. The van der Waals surface area contributed by atoms with Crippen LogP contribution in [0.2, 0.25) is 0 Å². The number of carbonyl (C=O) groups excluding carboxylic acids is 1. The molecular weight excluding hydrogens is 376 g/mol. The molecule has 0 aromatic carbocycles. The molecule has 0 atom stereocenters. The van der Waals surface area contributed by atoms with E-state index in [1.807, 2.05) is 12.1 Å². The van der Waals surface area contributed by atoms with E-state index in [0.29, 0.717) is 18.0 Å². The van der Waals surface area contributed by atoms with Crippen molar-refractivity contribution in [1.29, 1.82) is 0 Å². The van der Waals surface area contributed by atoms with Crippen LogP contribution in [0.4, 0.5) is 0 Å². The van der Waals surface area contributed by atoms with Gasteiger partial charge in [-0.25, -0.2) is 9.78 Å². The van der Waals surface area contributed by atoms with Crippen LogP contribution in [0.25, 0.3) is 6.08 Å². The van der Waals surface area contributed by atoms with Gasteiger partial charge >= 0.3 is 5.97 Å². The van der Waals surface area contributed by atoms with Gasteiger partial charge in [-0.1, -0.05) is 0 Å². The highest BCUT2D eigenvalue weighted by molar-refractivity contribution is 9.11. The van der Waals surface area contributed by atoms with E-state index in [1.165, 1.54) is 22.8 Å². The van der Waals surface area contributed by atoms with Crippen LogP contribution in [-0.4, -0.2) is 28.5 Å². The van der Waals surface area contributed by atoms with Gasteiger partial charge in [0, 0.05) is 29.3 Å². The molecule has 0 radical (unpaired) electrons. The molecule has 0 aliphatic carbocycles. The van der Waals surface area contributed by atoms with Gasteiger partial charge in [0.05, 0.1) is 8.79 Å². The molecule has 0 aliphatic heterocycles. The fourth-order valence-corrected chi connectivity index (χ4v) is 3.55. The molecule has 1 amide bonds. The Morgan fingerprint density at radius 1 is 1.43 bits per heavy atom. The zero-order chi connectivity index (χ0) is 15.2. The van der Waals surface area contributed by atoms with E-state index in [0.717, 1.165) is 8.66 Å². The van der Waals surface area contributed by atoms with Crippen molar-refractivity contribution in [2.24, 2.45) is 0 Å². The molecule has 110 valence electrons. The van der Waals surface area contributed by atoms with E-state index in [9.17, 15) is 9.59 Å². The molecule has 0 saturated carbocycles. The fourth-order valence-electron chi connectivity index (χ4n) is 1.45. The minimum absolute atomic E-state index is 0.0458. The summed E-state index contributed by atoms with van der Waals surface area (Å²) < 4.78 is 1.01. The third-order valence-electron chi connectivity index (χ3n) is 2.40. The van der Waals surface area contributed by atoms with Crippen molar-refractivity contribution in [2.45, 2.75) is 6.42 Å². The second-order valence-corrected chi connectivity index (χ2v) is 7.39. The average Bonchev–Trinajstić information content (AvgIpc) is 3.05. The summed E-state index contributed by atoms with van der Waals surface area (Å²) in [5, 5.41) is 13.7. The molecule has 2 aromatic heterocycles. The lowest BCUT2D eigenvalue weighted by Gasteiger charge is -1.99. The Hall–Kier alpha value is -1.51. The fraction of sp³-hybridized carbons (Fsp3) is 0.154. The molecule has 5 nitrogen and oxygen atoms in total. The minimum Gasteiger partial charge on any atom is -0.476 e. The standard InChI is InChI=1S/C13H11BrN2O3S2/c14-10-3-1-8(21-10)2-4-11(17)15-6-5-12-16-9(7-20-12)13(18)19/h1-4,7H,5-6H2,(H,15,17)(H,18,19). The maximum atomic E-state index is 11.6. The number of amides is 1. The summed E-state index contributed by atoms with van der Waals surface area (Å²) in [6.45, 7) is 0.421. The van der Waals surface area contributed by atoms with Crippen molar-refractivity contribution >= 4 is 56.6 Å². The number of rotatable bonds is 6. The molecule has 2 heterocycles. The molecule has 8 heteroatoms. The average molecular weight is 387 g/mol. The van der Waals surface area contributed by atoms with Crippen LogP contribution in [0.1, 0.15) is 20.4 Å². The van der Waals surface area contributed by atoms with Crippen LogP contribution in [0.15, 0.2) is 27.4 Å². The van der Waals surface area contributed by atoms with Gasteiger partial charge in [0.2, 0.25) is 5.91 Å². The number of aromatic carboxylic acids is 1. The number of carboxylic acids is 1. The van der Waals surface area contributed by atoms with Gasteiger partial charge in [-0.15, -0.1) is 22.7 Å². The number of carbonyl (C=O) groups is 2. The van der Waals surface area contributed by atoms with Crippen LogP contribution in [-0.2, 0) is 11.2 Å². The molecule has 0 aliphatic rings. The predicted octanol–water partition coefficient (Wildman–Crippen LogP) is 3.04. The maximum absolute atomic E-state index is 11.6. The number of thiophene rings is 1. The Balaban J connectivity index is 1.76. The van der Waals surface area contributed by atoms with Crippen LogP contribution >= 0.6 is 38.6 Å². The van der Waals surface area contributed by atoms with Crippen molar-refractivity contribution in [1.82, 2.24) is 10.3 Å². The number of hydrogen-bond acceptors (Lipinski definition) is 5. The summed E-state index contributed by atoms with van der Waals surface area (Å²) >= 11 is 6.18. The molecular formula is C13H11BrN2O3S2. The van der Waals surface area contributed by atoms with Gasteiger partial charge in [-0.3, -0.25) is 4.79 Å². The van der Waals surface area contributed by atoms with E-state index in [4.69, 9.17) is 5.11 Å². The van der Waals surface area contributed by atoms with Crippen LogP contribution in [0.3, 0.4) is 0 Å². The van der Waals surface area contributed by atoms with Crippen LogP contribution < -0.4 is 5.32 Å². The lowest BCUT2D eigenvalue weighted by atomic mass is 10.4. The zero-order valence-corrected chi connectivity index (χ0v) is 13.9. The summed E-state index contributed by atoms with van der Waals surface area (Å²) in [7, 11) is 0. The van der Waals surface area contributed by atoms with Crippen molar-refractivity contribution in [3.8, 4) is 0 Å². The van der Waals surface area contributed by atoms with Gasteiger partial charge < -0.3 is 10.4 Å². The largest absolute Gasteiger partial charge is 0.476 e.